The number of anilines is 2. The number of benzene rings is 2. The van der Waals surface area contributed by atoms with Crippen LogP contribution in [0.1, 0.15) is 42.1 Å². The molecule has 0 saturated carbocycles. The molecule has 0 aromatic heterocycles. The first-order chi connectivity index (χ1) is 13.3. The van der Waals surface area contributed by atoms with Crippen LogP contribution in [0.4, 0.5) is 11.4 Å². The first-order valence-corrected chi connectivity index (χ1v) is 11.1. The molecule has 2 aromatic carbocycles. The Morgan fingerprint density at radius 1 is 0.964 bits per heavy atom. The zero-order valence-electron chi connectivity index (χ0n) is 16.2. The molecular weight excluding hydrogens is 376 g/mol. The third-order valence-electron chi connectivity index (χ3n) is 4.13. The molecule has 0 spiro atoms. The Morgan fingerprint density at radius 2 is 1.71 bits per heavy atom. The summed E-state index contributed by atoms with van der Waals surface area (Å²) in [4.78, 5) is 24.8. The summed E-state index contributed by atoms with van der Waals surface area (Å²) in [5, 5.41) is 5.34. The summed E-state index contributed by atoms with van der Waals surface area (Å²) >= 11 is 0. The van der Waals surface area contributed by atoms with E-state index in [1.165, 1.54) is 0 Å². The van der Waals surface area contributed by atoms with Crippen molar-refractivity contribution in [2.45, 2.75) is 33.1 Å². The Labute approximate surface area is 166 Å². The number of carbonyl (C=O) groups is 2. The van der Waals surface area contributed by atoms with Crippen molar-refractivity contribution in [3.63, 3.8) is 0 Å². The van der Waals surface area contributed by atoms with Crippen molar-refractivity contribution in [2.75, 3.05) is 22.1 Å². The molecule has 0 atom stereocenters. The van der Waals surface area contributed by atoms with Crippen molar-refractivity contribution in [1.82, 2.24) is 0 Å². The van der Waals surface area contributed by atoms with Gasteiger partial charge >= 0.3 is 0 Å². The summed E-state index contributed by atoms with van der Waals surface area (Å²) in [6.45, 7) is 3.91. The number of hydrogen-bond donors (Lipinski definition) is 2. The van der Waals surface area contributed by atoms with Crippen molar-refractivity contribution in [1.29, 1.82) is 0 Å². The maximum absolute atomic E-state index is 12.6. The lowest BCUT2D eigenvalue weighted by Gasteiger charge is -2.12. The second-order valence-corrected chi connectivity index (χ2v) is 8.90. The molecule has 0 heterocycles. The van der Waals surface area contributed by atoms with Gasteiger partial charge in [0.2, 0.25) is 5.91 Å². The minimum absolute atomic E-state index is 0.0102. The van der Waals surface area contributed by atoms with Crippen molar-refractivity contribution in [3.8, 4) is 0 Å². The highest BCUT2D eigenvalue weighted by Gasteiger charge is 2.19. The Bertz CT molecular complexity index is 939. The van der Waals surface area contributed by atoms with Gasteiger partial charge in [0.1, 0.15) is 5.75 Å². The second kappa shape index (κ2) is 10.0. The predicted molar refractivity (Wildman–Crippen MR) is 112 cm³/mol. The molecule has 0 aliphatic carbocycles. The smallest absolute Gasteiger partial charge is 0.257 e. The maximum Gasteiger partial charge on any atom is 0.257 e. The third-order valence-corrected chi connectivity index (χ3v) is 5.74. The van der Waals surface area contributed by atoms with Gasteiger partial charge in [-0.15, -0.1) is 0 Å². The molecule has 0 unspecified atom stereocenters. The van der Waals surface area contributed by atoms with Crippen LogP contribution in [-0.4, -0.2) is 31.7 Å². The monoisotopic (exact) mass is 402 g/mol. The van der Waals surface area contributed by atoms with Crippen LogP contribution >= 0.6 is 0 Å². The molecule has 2 amide bonds. The van der Waals surface area contributed by atoms with Crippen LogP contribution in [0.25, 0.3) is 0 Å². The maximum atomic E-state index is 12.6. The highest BCUT2D eigenvalue weighted by molar-refractivity contribution is 7.92. The van der Waals surface area contributed by atoms with Gasteiger partial charge in [-0.1, -0.05) is 44.0 Å². The van der Waals surface area contributed by atoms with Gasteiger partial charge in [-0.2, -0.15) is 0 Å². The number of aryl methyl sites for hydroxylation is 1. The van der Waals surface area contributed by atoms with Crippen LogP contribution in [-0.2, 0) is 14.6 Å². The number of nitrogens with one attached hydrogen (secondary N) is 2. The first kappa shape index (κ1) is 21.6. The summed E-state index contributed by atoms with van der Waals surface area (Å²) in [6, 6.07) is 13.9. The van der Waals surface area contributed by atoms with E-state index in [0.717, 1.165) is 18.4 Å². The quantitative estimate of drug-likeness (QED) is 0.624. The minimum atomic E-state index is -3.47. The molecule has 2 N–H and O–H groups in total. The molecule has 0 saturated heterocycles. The minimum Gasteiger partial charge on any atom is -0.324 e. The Kier molecular flexibility index (Phi) is 7.75. The van der Waals surface area contributed by atoms with Crippen LogP contribution < -0.4 is 10.6 Å². The summed E-state index contributed by atoms with van der Waals surface area (Å²) in [6.07, 6.45) is 2.26. The Morgan fingerprint density at radius 3 is 2.43 bits per heavy atom. The molecule has 150 valence electrons. The predicted octanol–water partition coefficient (Wildman–Crippen LogP) is 3.79. The Balaban J connectivity index is 2.06. The molecule has 6 nitrogen and oxygen atoms in total. The average molecular weight is 403 g/mol. The fraction of sp³-hybridized carbons (Fsp3) is 0.333. The number of unbranched alkanes of at least 4 members (excludes halogenated alkanes) is 2. The van der Waals surface area contributed by atoms with Gasteiger partial charge in [0.15, 0.2) is 9.84 Å². The van der Waals surface area contributed by atoms with Crippen LogP contribution in [0, 0.1) is 6.92 Å². The van der Waals surface area contributed by atoms with E-state index in [0.29, 0.717) is 12.1 Å². The van der Waals surface area contributed by atoms with E-state index < -0.39 is 21.5 Å². The summed E-state index contributed by atoms with van der Waals surface area (Å²) in [5.74, 6) is -1.63. The van der Waals surface area contributed by atoms with Gasteiger partial charge in [-0.25, -0.2) is 8.42 Å². The van der Waals surface area contributed by atoms with E-state index in [1.807, 2.05) is 32.0 Å². The van der Waals surface area contributed by atoms with Crippen LogP contribution in [0.3, 0.4) is 0 Å². The van der Waals surface area contributed by atoms with Crippen LogP contribution in [0.2, 0.25) is 0 Å². The van der Waals surface area contributed by atoms with E-state index in [9.17, 15) is 18.0 Å². The van der Waals surface area contributed by atoms with Gasteiger partial charge < -0.3 is 10.6 Å². The summed E-state index contributed by atoms with van der Waals surface area (Å²) < 4.78 is 24.1. The van der Waals surface area contributed by atoms with Crippen molar-refractivity contribution in [3.05, 3.63) is 59.7 Å². The zero-order chi connectivity index (χ0) is 20.6. The topological polar surface area (TPSA) is 92.3 Å². The summed E-state index contributed by atoms with van der Waals surface area (Å²) in [5.41, 5.74) is 2.19. The number of para-hydroxylation sites is 1. The molecular formula is C21H26N2O4S. The van der Waals surface area contributed by atoms with E-state index >= 15 is 0 Å². The van der Waals surface area contributed by atoms with Crippen LogP contribution in [0.15, 0.2) is 48.5 Å². The highest BCUT2D eigenvalue weighted by Crippen LogP contribution is 2.18. The lowest BCUT2D eigenvalue weighted by atomic mass is 10.1. The molecule has 0 aliphatic heterocycles. The average Bonchev–Trinajstić information content (AvgIpc) is 2.61. The molecule has 2 rings (SSSR count). The standard InChI is InChI=1S/C21H26N2O4S/c1-3-4-7-13-28(26,27)15-20(24)23-19-12-6-5-11-18(19)21(25)22-17-10-8-9-16(2)14-17/h5-6,8-12,14H,3-4,7,13,15H2,1-2H3,(H,22,25)(H,23,24). The number of rotatable bonds is 9. The van der Waals surface area contributed by atoms with E-state index in [1.54, 1.807) is 30.3 Å². The normalized spacial score (nSPS) is 11.1. The number of carbonyl (C=O) groups excluding carboxylic acids is 2. The molecule has 0 bridgehead atoms. The number of hydrogen-bond acceptors (Lipinski definition) is 4. The van der Waals surface area contributed by atoms with Crippen molar-refractivity contribution >= 4 is 33.0 Å². The lowest BCUT2D eigenvalue weighted by Crippen LogP contribution is -2.26. The van der Waals surface area contributed by atoms with Gasteiger partial charge in [-0.3, -0.25) is 9.59 Å². The zero-order valence-corrected chi connectivity index (χ0v) is 17.0. The van der Waals surface area contributed by atoms with Crippen LogP contribution in [0.5, 0.6) is 0 Å². The lowest BCUT2D eigenvalue weighted by molar-refractivity contribution is -0.113. The van der Waals surface area contributed by atoms with Gasteiger partial charge in [0.25, 0.3) is 5.91 Å². The third kappa shape index (κ3) is 6.81. The highest BCUT2D eigenvalue weighted by atomic mass is 32.2. The van der Waals surface area contributed by atoms with Gasteiger partial charge in [0, 0.05) is 5.69 Å². The van der Waals surface area contributed by atoms with Gasteiger partial charge in [0.05, 0.1) is 17.0 Å². The second-order valence-electron chi connectivity index (χ2n) is 6.72. The molecule has 2 aromatic rings. The van der Waals surface area contributed by atoms with Gasteiger partial charge in [-0.05, 0) is 43.2 Å². The first-order valence-electron chi connectivity index (χ1n) is 9.28. The molecule has 0 fully saturated rings. The van der Waals surface area contributed by atoms with Crippen molar-refractivity contribution < 1.29 is 18.0 Å². The molecule has 0 radical (unpaired) electrons. The van der Waals surface area contributed by atoms with E-state index in [2.05, 4.69) is 10.6 Å². The summed E-state index contributed by atoms with van der Waals surface area (Å²) in [7, 11) is -3.47. The SMILES string of the molecule is CCCCCS(=O)(=O)CC(=O)Nc1ccccc1C(=O)Nc1cccc(C)c1. The molecule has 7 heteroatoms. The van der Waals surface area contributed by atoms with Crippen molar-refractivity contribution in [2.24, 2.45) is 0 Å². The molecule has 0 aliphatic rings. The van der Waals surface area contributed by atoms with E-state index in [-0.39, 0.29) is 22.9 Å². The van der Waals surface area contributed by atoms with E-state index in [4.69, 9.17) is 0 Å². The largest absolute Gasteiger partial charge is 0.324 e. The number of sulfone groups is 1. The fourth-order valence-corrected chi connectivity index (χ4v) is 4.00. The Hall–Kier alpha value is -2.67. The fourth-order valence-electron chi connectivity index (χ4n) is 2.74. The molecule has 28 heavy (non-hydrogen) atoms. The number of amides is 2.